The molecule has 2 aromatic rings. The Labute approximate surface area is 154 Å². The molecule has 1 amide bonds. The molecule has 3 rings (SSSR count). The van der Waals surface area contributed by atoms with Gasteiger partial charge in [0.25, 0.3) is 5.91 Å². The summed E-state index contributed by atoms with van der Waals surface area (Å²) in [5.74, 6) is 0.496. The number of halogens is 2. The molecule has 1 atom stereocenters. The SMILES string of the molecule is CCOc1cc2c(cc1CNC(=O)c1ccc(Br)cc1F)O[C@@H](C)C2. The van der Waals surface area contributed by atoms with E-state index in [2.05, 4.69) is 21.2 Å². The van der Waals surface area contributed by atoms with Crippen molar-refractivity contribution in [3.05, 3.63) is 57.3 Å². The molecular formula is C19H19BrFNO3. The summed E-state index contributed by atoms with van der Waals surface area (Å²) in [5, 5.41) is 2.75. The van der Waals surface area contributed by atoms with Gasteiger partial charge < -0.3 is 14.8 Å². The van der Waals surface area contributed by atoms with Gasteiger partial charge in [-0.05, 0) is 44.2 Å². The Morgan fingerprint density at radius 3 is 2.92 bits per heavy atom. The lowest BCUT2D eigenvalue weighted by Crippen LogP contribution is -2.24. The van der Waals surface area contributed by atoms with Crippen LogP contribution in [0.25, 0.3) is 0 Å². The highest BCUT2D eigenvalue weighted by molar-refractivity contribution is 9.10. The Morgan fingerprint density at radius 1 is 1.40 bits per heavy atom. The summed E-state index contributed by atoms with van der Waals surface area (Å²) in [7, 11) is 0. The van der Waals surface area contributed by atoms with Crippen molar-refractivity contribution in [3.63, 3.8) is 0 Å². The first-order chi connectivity index (χ1) is 12.0. The van der Waals surface area contributed by atoms with Gasteiger partial charge in [0.2, 0.25) is 0 Å². The maximum atomic E-state index is 13.9. The minimum atomic E-state index is -0.567. The van der Waals surface area contributed by atoms with Crippen molar-refractivity contribution in [2.45, 2.75) is 32.9 Å². The van der Waals surface area contributed by atoms with Gasteiger partial charge in [-0.3, -0.25) is 4.79 Å². The van der Waals surface area contributed by atoms with Crippen LogP contribution in [0.15, 0.2) is 34.8 Å². The lowest BCUT2D eigenvalue weighted by atomic mass is 10.1. The van der Waals surface area contributed by atoms with Crippen LogP contribution in [-0.4, -0.2) is 18.6 Å². The number of rotatable bonds is 5. The molecule has 1 heterocycles. The predicted octanol–water partition coefficient (Wildman–Crippen LogP) is 4.24. The molecule has 2 aromatic carbocycles. The summed E-state index contributed by atoms with van der Waals surface area (Å²) < 4.78 is 26.0. The van der Waals surface area contributed by atoms with E-state index in [1.807, 2.05) is 26.0 Å². The van der Waals surface area contributed by atoms with E-state index in [4.69, 9.17) is 9.47 Å². The fraction of sp³-hybridized carbons (Fsp3) is 0.316. The molecular weight excluding hydrogens is 389 g/mol. The van der Waals surface area contributed by atoms with Crippen molar-refractivity contribution in [2.24, 2.45) is 0 Å². The van der Waals surface area contributed by atoms with Crippen molar-refractivity contribution in [1.29, 1.82) is 0 Å². The normalized spacial score (nSPS) is 15.4. The molecule has 1 aliphatic rings. The number of carbonyl (C=O) groups excluding carboxylic acids is 1. The highest BCUT2D eigenvalue weighted by Gasteiger charge is 2.22. The van der Waals surface area contributed by atoms with Crippen molar-refractivity contribution < 1.29 is 18.7 Å². The van der Waals surface area contributed by atoms with Crippen LogP contribution in [0.2, 0.25) is 0 Å². The number of nitrogens with one attached hydrogen (secondary N) is 1. The van der Waals surface area contributed by atoms with E-state index >= 15 is 0 Å². The molecule has 0 fully saturated rings. The van der Waals surface area contributed by atoms with Crippen molar-refractivity contribution in [2.75, 3.05) is 6.61 Å². The van der Waals surface area contributed by atoms with Gasteiger partial charge in [0.1, 0.15) is 23.4 Å². The highest BCUT2D eigenvalue weighted by Crippen LogP contribution is 2.35. The number of carbonyl (C=O) groups is 1. The molecule has 25 heavy (non-hydrogen) atoms. The number of amides is 1. The fourth-order valence-electron chi connectivity index (χ4n) is 2.85. The second-order valence-corrected chi connectivity index (χ2v) is 6.86. The molecule has 1 aliphatic heterocycles. The zero-order valence-corrected chi connectivity index (χ0v) is 15.7. The molecule has 0 saturated heterocycles. The van der Waals surface area contributed by atoms with Gasteiger partial charge in [0.15, 0.2) is 0 Å². The van der Waals surface area contributed by atoms with Crippen molar-refractivity contribution in [3.8, 4) is 11.5 Å². The molecule has 132 valence electrons. The van der Waals surface area contributed by atoms with Crippen LogP contribution in [0.5, 0.6) is 11.5 Å². The molecule has 0 aromatic heterocycles. The monoisotopic (exact) mass is 407 g/mol. The number of hydrogen-bond acceptors (Lipinski definition) is 3. The Kier molecular flexibility index (Phi) is 5.27. The fourth-order valence-corrected chi connectivity index (χ4v) is 3.19. The van der Waals surface area contributed by atoms with Crippen LogP contribution < -0.4 is 14.8 Å². The average Bonchev–Trinajstić information content (AvgIpc) is 2.91. The van der Waals surface area contributed by atoms with Gasteiger partial charge in [0, 0.05) is 28.6 Å². The van der Waals surface area contributed by atoms with E-state index < -0.39 is 11.7 Å². The molecule has 0 aliphatic carbocycles. The third-order valence-electron chi connectivity index (χ3n) is 3.99. The van der Waals surface area contributed by atoms with E-state index in [1.54, 1.807) is 6.07 Å². The van der Waals surface area contributed by atoms with Crippen LogP contribution in [0.3, 0.4) is 0 Å². The van der Waals surface area contributed by atoms with E-state index in [9.17, 15) is 9.18 Å². The lowest BCUT2D eigenvalue weighted by molar-refractivity contribution is 0.0946. The Morgan fingerprint density at radius 2 is 2.20 bits per heavy atom. The Bertz CT molecular complexity index is 809. The lowest BCUT2D eigenvalue weighted by Gasteiger charge is -2.13. The van der Waals surface area contributed by atoms with E-state index in [0.717, 1.165) is 29.0 Å². The van der Waals surface area contributed by atoms with Crippen molar-refractivity contribution in [1.82, 2.24) is 5.32 Å². The summed E-state index contributed by atoms with van der Waals surface area (Å²) >= 11 is 3.18. The summed E-state index contributed by atoms with van der Waals surface area (Å²) in [6.07, 6.45) is 0.970. The number of ether oxygens (including phenoxy) is 2. The zero-order chi connectivity index (χ0) is 18.0. The predicted molar refractivity (Wildman–Crippen MR) is 96.7 cm³/mol. The minimum Gasteiger partial charge on any atom is -0.494 e. The highest BCUT2D eigenvalue weighted by atomic mass is 79.9. The van der Waals surface area contributed by atoms with Gasteiger partial charge in [-0.25, -0.2) is 4.39 Å². The molecule has 1 N–H and O–H groups in total. The van der Waals surface area contributed by atoms with Gasteiger partial charge in [0.05, 0.1) is 12.2 Å². The number of hydrogen-bond donors (Lipinski definition) is 1. The van der Waals surface area contributed by atoms with Crippen LogP contribution in [0.4, 0.5) is 4.39 Å². The maximum absolute atomic E-state index is 13.9. The van der Waals surface area contributed by atoms with Gasteiger partial charge >= 0.3 is 0 Å². The molecule has 0 saturated carbocycles. The van der Waals surface area contributed by atoms with Gasteiger partial charge in [-0.2, -0.15) is 0 Å². The second-order valence-electron chi connectivity index (χ2n) is 5.94. The average molecular weight is 408 g/mol. The summed E-state index contributed by atoms with van der Waals surface area (Å²) in [6, 6.07) is 8.21. The minimum absolute atomic E-state index is 0.00666. The van der Waals surface area contributed by atoms with Crippen LogP contribution in [-0.2, 0) is 13.0 Å². The molecule has 0 radical (unpaired) electrons. The number of fused-ring (bicyclic) bond motifs is 1. The third kappa shape index (κ3) is 3.95. The molecule has 6 heteroatoms. The maximum Gasteiger partial charge on any atom is 0.254 e. The molecule has 0 spiro atoms. The van der Waals surface area contributed by atoms with Gasteiger partial charge in [-0.15, -0.1) is 0 Å². The second kappa shape index (κ2) is 7.44. The first kappa shape index (κ1) is 17.7. The van der Waals surface area contributed by atoms with E-state index in [-0.39, 0.29) is 18.2 Å². The van der Waals surface area contributed by atoms with Crippen LogP contribution in [0, 0.1) is 5.82 Å². The Hall–Kier alpha value is -2.08. The summed E-state index contributed by atoms with van der Waals surface area (Å²) in [5.41, 5.74) is 1.91. The summed E-state index contributed by atoms with van der Waals surface area (Å²) in [4.78, 5) is 12.3. The Balaban J connectivity index is 1.78. The zero-order valence-electron chi connectivity index (χ0n) is 14.1. The first-order valence-corrected chi connectivity index (χ1v) is 8.95. The topological polar surface area (TPSA) is 47.6 Å². The van der Waals surface area contributed by atoms with E-state index in [1.165, 1.54) is 12.1 Å². The largest absolute Gasteiger partial charge is 0.494 e. The smallest absolute Gasteiger partial charge is 0.254 e. The quantitative estimate of drug-likeness (QED) is 0.805. The van der Waals surface area contributed by atoms with Crippen LogP contribution >= 0.6 is 15.9 Å². The van der Waals surface area contributed by atoms with E-state index in [0.29, 0.717) is 11.1 Å². The van der Waals surface area contributed by atoms with Crippen LogP contribution in [0.1, 0.15) is 35.3 Å². The molecule has 0 unspecified atom stereocenters. The summed E-state index contributed by atoms with van der Waals surface area (Å²) in [6.45, 7) is 4.68. The molecule has 0 bridgehead atoms. The third-order valence-corrected chi connectivity index (χ3v) is 4.49. The van der Waals surface area contributed by atoms with Gasteiger partial charge in [-0.1, -0.05) is 15.9 Å². The van der Waals surface area contributed by atoms with Crippen molar-refractivity contribution >= 4 is 21.8 Å². The standard InChI is InChI=1S/C19H19BrFNO3/c1-3-24-17-7-12-6-11(2)25-18(12)8-13(17)10-22-19(23)15-5-4-14(20)9-16(15)21/h4-5,7-9,11H,3,6,10H2,1-2H3,(H,22,23)/t11-/m0/s1. The molecule has 4 nitrogen and oxygen atoms in total. The first-order valence-electron chi connectivity index (χ1n) is 8.16. The number of benzene rings is 2.